The van der Waals surface area contributed by atoms with Crippen molar-refractivity contribution >= 4 is 22.1 Å². The van der Waals surface area contributed by atoms with E-state index in [2.05, 4.69) is 116 Å². The lowest BCUT2D eigenvalue weighted by atomic mass is 10.1. The molecule has 4 heteroatoms. The zero-order chi connectivity index (χ0) is 20.6. The van der Waals surface area contributed by atoms with Crippen molar-refractivity contribution in [3.05, 3.63) is 109 Å². The Labute approximate surface area is 182 Å². The van der Waals surface area contributed by atoms with E-state index in [1.54, 1.807) is 0 Å². The normalized spacial score (nSPS) is 19.2. The van der Waals surface area contributed by atoms with Crippen LogP contribution in [0.2, 0.25) is 0 Å². The summed E-state index contributed by atoms with van der Waals surface area (Å²) in [4.78, 5) is 0. The number of benzene rings is 2. The van der Waals surface area contributed by atoms with Crippen LogP contribution in [-0.2, 0) is 26.2 Å². The number of aromatic nitrogens is 4. The molecule has 0 fully saturated rings. The summed E-state index contributed by atoms with van der Waals surface area (Å²) in [7, 11) is 0. The van der Waals surface area contributed by atoms with Crippen LogP contribution in [-0.4, -0.2) is 9.13 Å². The predicted octanol–water partition coefficient (Wildman–Crippen LogP) is 4.25. The van der Waals surface area contributed by atoms with Gasteiger partial charge in [0.1, 0.15) is 13.1 Å². The third-order valence-corrected chi connectivity index (χ3v) is 6.30. The highest BCUT2D eigenvalue weighted by atomic mass is 15.2. The van der Waals surface area contributed by atoms with E-state index >= 15 is 0 Å². The Hall–Kier alpha value is -3.66. The average Bonchev–Trinajstić information content (AvgIpc) is 3.30. The first-order chi connectivity index (χ1) is 15.3. The van der Waals surface area contributed by atoms with Crippen LogP contribution in [0.1, 0.15) is 6.42 Å². The minimum absolute atomic E-state index is 0.870. The van der Waals surface area contributed by atoms with E-state index in [0.717, 1.165) is 32.6 Å². The van der Waals surface area contributed by atoms with Crippen LogP contribution in [0, 0.1) is 0 Å². The van der Waals surface area contributed by atoms with Gasteiger partial charge in [-0.2, -0.15) is 0 Å². The van der Waals surface area contributed by atoms with Crippen molar-refractivity contribution in [2.45, 2.75) is 32.6 Å². The third-order valence-electron chi connectivity index (χ3n) is 6.30. The molecule has 31 heavy (non-hydrogen) atoms. The SMILES string of the molecule is C1=C/C2=C\C=C/C(=C1)C[n+]1cn(c3ccccc31)CCCn1c[n+](c3ccccc31)C2. The van der Waals surface area contributed by atoms with Gasteiger partial charge in [-0.3, -0.25) is 0 Å². The van der Waals surface area contributed by atoms with E-state index in [1.165, 1.54) is 33.2 Å². The molecule has 0 atom stereocenters. The summed E-state index contributed by atoms with van der Waals surface area (Å²) in [6.07, 6.45) is 19.0. The first kappa shape index (κ1) is 18.1. The first-order valence-electron chi connectivity index (χ1n) is 11.0. The second-order valence-electron chi connectivity index (χ2n) is 8.41. The summed E-state index contributed by atoms with van der Waals surface area (Å²) >= 11 is 0. The van der Waals surface area contributed by atoms with E-state index in [0.29, 0.717) is 0 Å². The van der Waals surface area contributed by atoms with Crippen LogP contribution in [0.25, 0.3) is 22.1 Å². The van der Waals surface area contributed by atoms with Gasteiger partial charge in [0.2, 0.25) is 12.7 Å². The highest BCUT2D eigenvalue weighted by Gasteiger charge is 2.19. The van der Waals surface area contributed by atoms with Crippen molar-refractivity contribution in [3.8, 4) is 0 Å². The van der Waals surface area contributed by atoms with Crippen molar-refractivity contribution in [1.82, 2.24) is 9.13 Å². The lowest BCUT2D eigenvalue weighted by Crippen LogP contribution is -2.33. The van der Waals surface area contributed by atoms with Gasteiger partial charge in [0, 0.05) is 6.42 Å². The second-order valence-corrected chi connectivity index (χ2v) is 8.41. The zero-order valence-electron chi connectivity index (χ0n) is 17.6. The Balaban J connectivity index is 1.49. The summed E-state index contributed by atoms with van der Waals surface area (Å²) in [5, 5.41) is 0. The van der Waals surface area contributed by atoms with Gasteiger partial charge in [-0.15, -0.1) is 0 Å². The lowest BCUT2D eigenvalue weighted by Gasteiger charge is -2.04. The van der Waals surface area contributed by atoms with Gasteiger partial charge < -0.3 is 0 Å². The molecule has 0 spiro atoms. The standard InChI is InChI=1S/C27H26N4/c1-3-14-26-24(12-1)28-16-7-17-29-21-31(27-15-4-2-13-25(27)29)19-23-10-5-8-22(9-6-11-23)18-30(26)20-28/h1-6,8-15,20-21H,7,16-19H2/q+2/b8-5-,9-6?,10-5?,11-6?,22-8?,22-9?,23-10+,23-11?. The molecule has 4 heterocycles. The highest BCUT2D eigenvalue weighted by molar-refractivity contribution is 5.72. The maximum Gasteiger partial charge on any atom is 0.245 e. The minimum atomic E-state index is 0.870. The van der Waals surface area contributed by atoms with Crippen LogP contribution in [0.5, 0.6) is 0 Å². The Bertz CT molecular complexity index is 1300. The van der Waals surface area contributed by atoms with E-state index < -0.39 is 0 Å². The monoisotopic (exact) mass is 406 g/mol. The number of allylic oxidation sites excluding steroid dienone is 8. The summed E-state index contributed by atoms with van der Waals surface area (Å²) in [5.41, 5.74) is 7.77. The second kappa shape index (κ2) is 7.55. The molecule has 6 bridgehead atoms. The number of imidazole rings is 2. The van der Waals surface area contributed by atoms with Crippen molar-refractivity contribution < 1.29 is 9.13 Å². The Morgan fingerprint density at radius 1 is 0.613 bits per heavy atom. The molecule has 7 rings (SSSR count). The predicted molar refractivity (Wildman–Crippen MR) is 123 cm³/mol. The number of fused-ring (bicyclic) bond motifs is 6. The molecule has 0 N–H and O–H groups in total. The summed E-state index contributed by atoms with van der Waals surface area (Å²) < 4.78 is 9.55. The zero-order valence-corrected chi connectivity index (χ0v) is 17.6. The van der Waals surface area contributed by atoms with Crippen LogP contribution in [0.15, 0.2) is 109 Å². The molecule has 0 saturated heterocycles. The van der Waals surface area contributed by atoms with Crippen LogP contribution < -0.4 is 9.13 Å². The van der Waals surface area contributed by atoms with Crippen molar-refractivity contribution in [2.75, 3.05) is 0 Å². The molecule has 2 aromatic heterocycles. The number of aryl methyl sites for hydroxylation is 2. The summed E-state index contributed by atoms with van der Waals surface area (Å²) in [5.74, 6) is 0. The molecule has 3 aliphatic rings. The van der Waals surface area contributed by atoms with Crippen LogP contribution in [0.3, 0.4) is 0 Å². The lowest BCUT2D eigenvalue weighted by molar-refractivity contribution is -0.663. The molecule has 0 unspecified atom stereocenters. The molecule has 2 aliphatic heterocycles. The largest absolute Gasteiger partial charge is 0.245 e. The van der Waals surface area contributed by atoms with Crippen molar-refractivity contribution in [2.24, 2.45) is 0 Å². The van der Waals surface area contributed by atoms with Crippen molar-refractivity contribution in [1.29, 1.82) is 0 Å². The topological polar surface area (TPSA) is 17.6 Å². The molecule has 2 aromatic carbocycles. The van der Waals surface area contributed by atoms with Gasteiger partial charge in [0.25, 0.3) is 0 Å². The quantitative estimate of drug-likeness (QED) is 0.389. The van der Waals surface area contributed by atoms with Gasteiger partial charge in [-0.05, 0) is 35.4 Å². The maximum absolute atomic E-state index is 2.40. The number of nitrogens with zero attached hydrogens (tertiary/aromatic N) is 4. The summed E-state index contributed by atoms with van der Waals surface area (Å²) in [6, 6.07) is 17.5. The summed E-state index contributed by atoms with van der Waals surface area (Å²) in [6.45, 7) is 3.74. The number of rotatable bonds is 0. The fraction of sp³-hybridized carbons (Fsp3) is 0.185. The molecule has 0 amide bonds. The molecule has 0 saturated carbocycles. The first-order valence-corrected chi connectivity index (χ1v) is 11.0. The maximum atomic E-state index is 2.40. The Morgan fingerprint density at radius 2 is 1.10 bits per heavy atom. The smallest absolute Gasteiger partial charge is 0.230 e. The van der Waals surface area contributed by atoms with Gasteiger partial charge in [0.05, 0.1) is 13.1 Å². The Kier molecular flexibility index (Phi) is 4.42. The molecular weight excluding hydrogens is 380 g/mol. The van der Waals surface area contributed by atoms with E-state index in [4.69, 9.17) is 0 Å². The van der Waals surface area contributed by atoms with Crippen molar-refractivity contribution in [3.63, 3.8) is 0 Å². The number of para-hydroxylation sites is 4. The molecule has 152 valence electrons. The average molecular weight is 407 g/mol. The van der Waals surface area contributed by atoms with Crippen LogP contribution >= 0.6 is 0 Å². The van der Waals surface area contributed by atoms with Gasteiger partial charge in [0.15, 0.2) is 22.1 Å². The third kappa shape index (κ3) is 3.34. The van der Waals surface area contributed by atoms with Crippen LogP contribution in [0.4, 0.5) is 0 Å². The molecular formula is C27H26N4+2. The van der Waals surface area contributed by atoms with Gasteiger partial charge in [-0.25, -0.2) is 18.3 Å². The Morgan fingerprint density at radius 3 is 1.61 bits per heavy atom. The van der Waals surface area contributed by atoms with E-state index in [1.807, 2.05) is 0 Å². The molecule has 1 aliphatic carbocycles. The van der Waals surface area contributed by atoms with E-state index in [9.17, 15) is 0 Å². The molecule has 0 radical (unpaired) electrons. The highest BCUT2D eigenvalue weighted by Crippen LogP contribution is 2.17. The van der Waals surface area contributed by atoms with Gasteiger partial charge in [-0.1, -0.05) is 60.7 Å². The molecule has 4 aromatic rings. The fourth-order valence-electron chi connectivity index (χ4n) is 4.81. The molecule has 4 nitrogen and oxygen atoms in total. The van der Waals surface area contributed by atoms with E-state index in [-0.39, 0.29) is 0 Å². The number of hydrogen-bond donors (Lipinski definition) is 0. The fourth-order valence-corrected chi connectivity index (χ4v) is 4.81. The number of hydrogen-bond acceptors (Lipinski definition) is 0. The van der Waals surface area contributed by atoms with Gasteiger partial charge >= 0.3 is 0 Å². The minimum Gasteiger partial charge on any atom is -0.230 e.